The van der Waals surface area contributed by atoms with Crippen molar-refractivity contribution in [3.05, 3.63) is 11.6 Å². The molecular weight excluding hydrogens is 144 g/mol. The van der Waals surface area contributed by atoms with Crippen LogP contribution < -0.4 is 0 Å². The van der Waals surface area contributed by atoms with Crippen molar-refractivity contribution in [3.63, 3.8) is 0 Å². The number of rotatable bonds is 2. The van der Waals surface area contributed by atoms with Gasteiger partial charge < -0.3 is 9.84 Å². The normalized spacial score (nSPS) is 30.2. The van der Waals surface area contributed by atoms with Gasteiger partial charge in [-0.15, -0.1) is 0 Å². The highest BCUT2D eigenvalue weighted by Crippen LogP contribution is 2.30. The Balaban J connectivity index is 2.93. The zero-order valence-electron chi connectivity index (χ0n) is 6.76. The lowest BCUT2D eigenvalue weighted by Gasteiger charge is -2.23. The minimum Gasteiger partial charge on any atom is -0.479 e. The highest BCUT2D eigenvalue weighted by atomic mass is 16.5. The Bertz CT molecular complexity index is 207. The maximum Gasteiger partial charge on any atom is 0.340 e. The van der Waals surface area contributed by atoms with E-state index in [1.165, 1.54) is 0 Å². The first-order chi connectivity index (χ1) is 5.13. The molecule has 1 aliphatic rings. The minimum atomic E-state index is -1.03. The van der Waals surface area contributed by atoms with Gasteiger partial charge in [-0.05, 0) is 18.9 Å². The first-order valence-corrected chi connectivity index (χ1v) is 3.68. The topological polar surface area (TPSA) is 46.5 Å². The maximum absolute atomic E-state index is 10.8. The molecule has 0 spiro atoms. The molecule has 1 N–H and O–H groups in total. The summed E-state index contributed by atoms with van der Waals surface area (Å²) in [6, 6.07) is 0. The maximum atomic E-state index is 10.8. The Hall–Kier alpha value is -0.830. The van der Waals surface area contributed by atoms with E-state index in [-0.39, 0.29) is 0 Å². The molecule has 1 aliphatic heterocycles. The molecule has 0 aromatic carbocycles. The van der Waals surface area contributed by atoms with Gasteiger partial charge in [-0.1, -0.05) is 13.0 Å². The predicted molar refractivity (Wildman–Crippen MR) is 40.4 cm³/mol. The number of ether oxygens (including phenoxy) is 1. The first kappa shape index (κ1) is 8.27. The van der Waals surface area contributed by atoms with Gasteiger partial charge in [0.05, 0.1) is 6.61 Å². The molecule has 0 bridgehead atoms. The Labute approximate surface area is 65.7 Å². The van der Waals surface area contributed by atoms with E-state index in [1.54, 1.807) is 6.92 Å². The number of hydrogen-bond acceptors (Lipinski definition) is 2. The van der Waals surface area contributed by atoms with E-state index in [0.29, 0.717) is 13.0 Å². The molecule has 1 rings (SSSR count). The van der Waals surface area contributed by atoms with Crippen LogP contribution in [-0.4, -0.2) is 23.3 Å². The van der Waals surface area contributed by atoms with Crippen LogP contribution in [0.1, 0.15) is 20.3 Å². The van der Waals surface area contributed by atoms with E-state index in [4.69, 9.17) is 9.84 Å². The van der Waals surface area contributed by atoms with Gasteiger partial charge in [0.15, 0.2) is 5.60 Å². The van der Waals surface area contributed by atoms with Crippen LogP contribution in [0, 0.1) is 0 Å². The molecule has 1 heterocycles. The molecule has 0 saturated carbocycles. The number of carbonyl (C=O) groups is 1. The Morgan fingerprint density at radius 1 is 1.91 bits per heavy atom. The van der Waals surface area contributed by atoms with Crippen molar-refractivity contribution in [2.75, 3.05) is 6.61 Å². The molecular formula is C8H12O3. The monoisotopic (exact) mass is 156 g/mol. The van der Waals surface area contributed by atoms with Crippen molar-refractivity contribution in [1.29, 1.82) is 0 Å². The van der Waals surface area contributed by atoms with Gasteiger partial charge in [-0.25, -0.2) is 4.79 Å². The number of aliphatic carboxylic acids is 1. The van der Waals surface area contributed by atoms with Crippen molar-refractivity contribution in [2.24, 2.45) is 0 Å². The third-order valence-corrected chi connectivity index (χ3v) is 2.20. The third kappa shape index (κ3) is 1.05. The van der Waals surface area contributed by atoms with Crippen LogP contribution in [0.4, 0.5) is 0 Å². The van der Waals surface area contributed by atoms with Crippen molar-refractivity contribution < 1.29 is 14.6 Å². The molecule has 0 aromatic heterocycles. The van der Waals surface area contributed by atoms with Crippen LogP contribution >= 0.6 is 0 Å². The molecule has 0 amide bonds. The smallest absolute Gasteiger partial charge is 0.340 e. The summed E-state index contributed by atoms with van der Waals surface area (Å²) in [7, 11) is 0. The molecule has 1 atom stereocenters. The third-order valence-electron chi connectivity index (χ3n) is 2.20. The highest BCUT2D eigenvalue weighted by molar-refractivity contribution is 5.82. The fraction of sp³-hybridized carbons (Fsp3) is 0.625. The summed E-state index contributed by atoms with van der Waals surface area (Å²) >= 11 is 0. The van der Waals surface area contributed by atoms with E-state index in [1.807, 2.05) is 13.0 Å². The summed E-state index contributed by atoms with van der Waals surface area (Å²) in [5.41, 5.74) is -0.215. The molecule has 11 heavy (non-hydrogen) atoms. The quantitative estimate of drug-likeness (QED) is 0.611. The van der Waals surface area contributed by atoms with Crippen molar-refractivity contribution >= 4 is 5.97 Å². The molecule has 0 aliphatic carbocycles. The van der Waals surface area contributed by atoms with Crippen LogP contribution in [-0.2, 0) is 9.53 Å². The second-order valence-corrected chi connectivity index (χ2v) is 2.68. The summed E-state index contributed by atoms with van der Waals surface area (Å²) in [5, 5.41) is 8.87. The summed E-state index contributed by atoms with van der Waals surface area (Å²) in [4.78, 5) is 10.8. The molecule has 0 fully saturated rings. The van der Waals surface area contributed by atoms with E-state index >= 15 is 0 Å². The van der Waals surface area contributed by atoms with Gasteiger partial charge in [0.2, 0.25) is 0 Å². The standard InChI is InChI=1S/C8H12O3/c1-3-8(7(9)10)6(2)4-5-11-8/h4H,3,5H2,1-2H3,(H,9,10). The SMILES string of the molecule is CCC1(C(=O)O)OCC=C1C. The summed E-state index contributed by atoms with van der Waals surface area (Å²) in [5.74, 6) is -0.883. The Morgan fingerprint density at radius 3 is 2.73 bits per heavy atom. The van der Waals surface area contributed by atoms with Gasteiger partial charge in [0, 0.05) is 0 Å². The lowest BCUT2D eigenvalue weighted by atomic mass is 9.93. The van der Waals surface area contributed by atoms with Crippen molar-refractivity contribution in [1.82, 2.24) is 0 Å². The first-order valence-electron chi connectivity index (χ1n) is 3.68. The van der Waals surface area contributed by atoms with E-state index in [0.717, 1.165) is 5.57 Å². The molecule has 0 radical (unpaired) electrons. The zero-order chi connectivity index (χ0) is 8.48. The number of carboxylic acid groups (broad SMARTS) is 1. The predicted octanol–water partition coefficient (Wildman–Crippen LogP) is 1.20. The summed E-state index contributed by atoms with van der Waals surface area (Å²) in [6.07, 6.45) is 2.31. The second-order valence-electron chi connectivity index (χ2n) is 2.68. The van der Waals surface area contributed by atoms with Gasteiger partial charge in [-0.3, -0.25) is 0 Å². The van der Waals surface area contributed by atoms with Gasteiger partial charge >= 0.3 is 5.97 Å². The summed E-state index contributed by atoms with van der Waals surface area (Å²) in [6.45, 7) is 4.04. The molecule has 1 unspecified atom stereocenters. The summed E-state index contributed by atoms with van der Waals surface area (Å²) < 4.78 is 5.17. The average molecular weight is 156 g/mol. The van der Waals surface area contributed by atoms with Crippen molar-refractivity contribution in [2.45, 2.75) is 25.9 Å². The van der Waals surface area contributed by atoms with Gasteiger partial charge in [-0.2, -0.15) is 0 Å². The van der Waals surface area contributed by atoms with E-state index in [9.17, 15) is 4.79 Å². The minimum absolute atomic E-state index is 0.423. The van der Waals surface area contributed by atoms with Crippen LogP contribution in [0.5, 0.6) is 0 Å². The lowest BCUT2D eigenvalue weighted by molar-refractivity contribution is -0.157. The Kier molecular flexibility index (Phi) is 2.00. The average Bonchev–Trinajstić information content (AvgIpc) is 2.32. The number of hydrogen-bond donors (Lipinski definition) is 1. The molecule has 3 nitrogen and oxygen atoms in total. The lowest BCUT2D eigenvalue weighted by Crippen LogP contribution is -2.39. The largest absolute Gasteiger partial charge is 0.479 e. The van der Waals surface area contributed by atoms with Gasteiger partial charge in [0.1, 0.15) is 0 Å². The van der Waals surface area contributed by atoms with E-state index in [2.05, 4.69) is 0 Å². The highest BCUT2D eigenvalue weighted by Gasteiger charge is 2.42. The molecule has 3 heteroatoms. The van der Waals surface area contributed by atoms with Crippen LogP contribution in [0.15, 0.2) is 11.6 Å². The fourth-order valence-electron chi connectivity index (χ4n) is 1.35. The number of carboxylic acids is 1. The zero-order valence-corrected chi connectivity index (χ0v) is 6.76. The van der Waals surface area contributed by atoms with Gasteiger partial charge in [0.25, 0.3) is 0 Å². The molecule has 0 saturated heterocycles. The van der Waals surface area contributed by atoms with Crippen LogP contribution in [0.2, 0.25) is 0 Å². The molecule has 62 valence electrons. The van der Waals surface area contributed by atoms with E-state index < -0.39 is 11.6 Å². The second kappa shape index (κ2) is 2.66. The molecule has 0 aromatic rings. The van der Waals surface area contributed by atoms with Crippen molar-refractivity contribution in [3.8, 4) is 0 Å². The van der Waals surface area contributed by atoms with Crippen LogP contribution in [0.3, 0.4) is 0 Å². The van der Waals surface area contributed by atoms with Crippen LogP contribution in [0.25, 0.3) is 0 Å². The Morgan fingerprint density at radius 2 is 2.55 bits per heavy atom. The fourth-order valence-corrected chi connectivity index (χ4v) is 1.35.